The van der Waals surface area contributed by atoms with Gasteiger partial charge in [0.15, 0.2) is 0 Å². The lowest BCUT2D eigenvalue weighted by atomic mass is 9.83. The van der Waals surface area contributed by atoms with Crippen molar-refractivity contribution >= 4 is 28.9 Å². The molecular weight excluding hydrogens is 288 g/mol. The maximum Gasteiger partial charge on any atom is 0.337 e. The molecule has 1 aromatic carbocycles. The number of nitrogen functional groups attached to an aromatic ring is 1. The second kappa shape index (κ2) is 7.03. The van der Waals surface area contributed by atoms with E-state index in [2.05, 4.69) is 12.2 Å². The first-order valence-corrected chi connectivity index (χ1v) is 7.98. The summed E-state index contributed by atoms with van der Waals surface area (Å²) in [6.45, 7) is 2.22. The van der Waals surface area contributed by atoms with Crippen LogP contribution in [0.3, 0.4) is 0 Å². The number of nitrogens with two attached hydrogens (primary N) is 1. The summed E-state index contributed by atoms with van der Waals surface area (Å²) in [6, 6.07) is 3.34. The van der Waals surface area contributed by atoms with E-state index >= 15 is 0 Å². The third-order valence-corrected chi connectivity index (χ3v) is 4.53. The third kappa shape index (κ3) is 4.03. The van der Waals surface area contributed by atoms with Crippen LogP contribution in [-0.2, 0) is 0 Å². The molecule has 0 bridgehead atoms. The van der Waals surface area contributed by atoms with Gasteiger partial charge in [-0.2, -0.15) is 0 Å². The second-order valence-electron chi connectivity index (χ2n) is 5.88. The quantitative estimate of drug-likeness (QED) is 0.705. The van der Waals surface area contributed by atoms with Crippen molar-refractivity contribution in [3.05, 3.63) is 22.7 Å². The number of carbonyl (C=O) groups is 1. The van der Waals surface area contributed by atoms with E-state index in [1.54, 1.807) is 6.07 Å². The van der Waals surface area contributed by atoms with Gasteiger partial charge < -0.3 is 16.2 Å². The fourth-order valence-electron chi connectivity index (χ4n) is 3.15. The van der Waals surface area contributed by atoms with Crippen LogP contribution >= 0.6 is 11.6 Å². The van der Waals surface area contributed by atoms with Crippen molar-refractivity contribution in [3.8, 4) is 0 Å². The summed E-state index contributed by atoms with van der Waals surface area (Å²) < 4.78 is 0. The minimum atomic E-state index is -1.01. The van der Waals surface area contributed by atoms with Crippen LogP contribution in [0, 0.1) is 5.92 Å². The average molecular weight is 311 g/mol. The van der Waals surface area contributed by atoms with Crippen molar-refractivity contribution in [2.75, 3.05) is 11.1 Å². The van der Waals surface area contributed by atoms with E-state index in [0.29, 0.717) is 16.4 Å². The molecule has 0 radical (unpaired) electrons. The van der Waals surface area contributed by atoms with E-state index in [-0.39, 0.29) is 11.6 Å². The first-order valence-electron chi connectivity index (χ1n) is 7.60. The number of anilines is 2. The van der Waals surface area contributed by atoms with Crippen molar-refractivity contribution in [2.45, 2.75) is 51.5 Å². The number of hydrogen-bond acceptors (Lipinski definition) is 3. The van der Waals surface area contributed by atoms with Crippen LogP contribution in [0.1, 0.15) is 55.8 Å². The summed E-state index contributed by atoms with van der Waals surface area (Å²) in [4.78, 5) is 11.4. The zero-order chi connectivity index (χ0) is 15.4. The van der Waals surface area contributed by atoms with Crippen LogP contribution in [0.15, 0.2) is 12.1 Å². The molecule has 1 aliphatic carbocycles. The molecular formula is C16H23ClN2O2. The van der Waals surface area contributed by atoms with Gasteiger partial charge in [-0.1, -0.05) is 31.4 Å². The Morgan fingerprint density at radius 2 is 2.05 bits per heavy atom. The summed E-state index contributed by atoms with van der Waals surface area (Å²) in [5, 5.41) is 13.0. The van der Waals surface area contributed by atoms with Gasteiger partial charge in [0.05, 0.1) is 16.3 Å². The third-order valence-electron chi connectivity index (χ3n) is 4.24. The SMILES string of the molecule is CCCC1CCC(Nc2c(Cl)cc(N)cc2C(=O)O)CC1. The Kier molecular flexibility index (Phi) is 5.34. The first-order chi connectivity index (χ1) is 10.0. The number of halogens is 1. The largest absolute Gasteiger partial charge is 0.478 e. The van der Waals surface area contributed by atoms with Crippen molar-refractivity contribution in [1.82, 2.24) is 0 Å². The maximum absolute atomic E-state index is 11.4. The molecule has 0 atom stereocenters. The van der Waals surface area contributed by atoms with Crippen LogP contribution in [0.2, 0.25) is 5.02 Å². The average Bonchev–Trinajstić information content (AvgIpc) is 2.43. The van der Waals surface area contributed by atoms with Crippen molar-refractivity contribution in [1.29, 1.82) is 0 Å². The highest BCUT2D eigenvalue weighted by molar-refractivity contribution is 6.34. The number of rotatable bonds is 5. The number of aromatic carboxylic acids is 1. The molecule has 5 heteroatoms. The first kappa shape index (κ1) is 16.0. The van der Waals surface area contributed by atoms with Gasteiger partial charge in [-0.15, -0.1) is 0 Å². The highest BCUT2D eigenvalue weighted by atomic mass is 35.5. The summed E-state index contributed by atoms with van der Waals surface area (Å²) in [6.07, 6.45) is 7.03. The molecule has 4 nitrogen and oxygen atoms in total. The molecule has 2 rings (SSSR count). The van der Waals surface area contributed by atoms with Crippen LogP contribution in [0.5, 0.6) is 0 Å². The molecule has 0 aliphatic heterocycles. The van der Waals surface area contributed by atoms with E-state index in [1.807, 2.05) is 0 Å². The fraction of sp³-hybridized carbons (Fsp3) is 0.562. The maximum atomic E-state index is 11.4. The molecule has 0 heterocycles. The standard InChI is InChI=1S/C16H23ClN2O2/c1-2-3-10-4-6-12(7-5-10)19-15-13(16(20)21)8-11(18)9-14(15)17/h8-10,12,19H,2-7,18H2,1H3,(H,20,21). The molecule has 0 spiro atoms. The van der Waals surface area contributed by atoms with Crippen molar-refractivity contribution in [3.63, 3.8) is 0 Å². The molecule has 21 heavy (non-hydrogen) atoms. The number of carboxylic acids is 1. The zero-order valence-corrected chi connectivity index (χ0v) is 13.1. The normalized spacial score (nSPS) is 22.0. The Balaban J connectivity index is 2.08. The van der Waals surface area contributed by atoms with Gasteiger partial charge in [-0.25, -0.2) is 4.79 Å². The summed E-state index contributed by atoms with van der Waals surface area (Å²) in [7, 11) is 0. The number of benzene rings is 1. The van der Waals surface area contributed by atoms with Gasteiger partial charge in [-0.05, 0) is 43.7 Å². The number of nitrogens with one attached hydrogen (secondary N) is 1. The summed E-state index contributed by atoms with van der Waals surface area (Å²) in [5.41, 5.74) is 6.69. The monoisotopic (exact) mass is 310 g/mol. The van der Waals surface area contributed by atoms with Gasteiger partial charge in [0, 0.05) is 11.7 Å². The molecule has 1 saturated carbocycles. The lowest BCUT2D eigenvalue weighted by molar-refractivity contribution is 0.0698. The van der Waals surface area contributed by atoms with Gasteiger partial charge in [0.1, 0.15) is 0 Å². The van der Waals surface area contributed by atoms with Crippen LogP contribution in [0.4, 0.5) is 11.4 Å². The van der Waals surface area contributed by atoms with Crippen LogP contribution in [-0.4, -0.2) is 17.1 Å². The van der Waals surface area contributed by atoms with E-state index < -0.39 is 5.97 Å². The molecule has 0 amide bonds. The van der Waals surface area contributed by atoms with E-state index in [4.69, 9.17) is 17.3 Å². The Morgan fingerprint density at radius 3 is 2.62 bits per heavy atom. The van der Waals surface area contributed by atoms with E-state index in [1.165, 1.54) is 31.7 Å². The molecule has 116 valence electrons. The zero-order valence-electron chi connectivity index (χ0n) is 12.4. The molecule has 0 saturated heterocycles. The summed E-state index contributed by atoms with van der Waals surface area (Å²) >= 11 is 6.17. The molecule has 4 N–H and O–H groups in total. The highest BCUT2D eigenvalue weighted by Gasteiger charge is 2.23. The minimum Gasteiger partial charge on any atom is -0.478 e. The lowest BCUT2D eigenvalue weighted by Crippen LogP contribution is -2.27. The second-order valence-corrected chi connectivity index (χ2v) is 6.29. The van der Waals surface area contributed by atoms with E-state index in [9.17, 15) is 9.90 Å². The van der Waals surface area contributed by atoms with Gasteiger partial charge in [0.2, 0.25) is 0 Å². The number of carboxylic acid groups (broad SMARTS) is 1. The fourth-order valence-corrected chi connectivity index (χ4v) is 3.43. The minimum absolute atomic E-state index is 0.149. The smallest absolute Gasteiger partial charge is 0.337 e. The molecule has 1 aliphatic rings. The number of hydrogen-bond donors (Lipinski definition) is 3. The van der Waals surface area contributed by atoms with Crippen molar-refractivity contribution < 1.29 is 9.90 Å². The summed E-state index contributed by atoms with van der Waals surface area (Å²) in [5.74, 6) is -0.194. The Bertz CT molecular complexity index is 511. The molecule has 1 fully saturated rings. The molecule has 0 unspecified atom stereocenters. The van der Waals surface area contributed by atoms with Crippen LogP contribution in [0.25, 0.3) is 0 Å². The lowest BCUT2D eigenvalue weighted by Gasteiger charge is -2.30. The van der Waals surface area contributed by atoms with Gasteiger partial charge in [-0.3, -0.25) is 0 Å². The Morgan fingerprint density at radius 1 is 1.38 bits per heavy atom. The van der Waals surface area contributed by atoms with Crippen LogP contribution < -0.4 is 11.1 Å². The van der Waals surface area contributed by atoms with E-state index in [0.717, 1.165) is 18.8 Å². The van der Waals surface area contributed by atoms with Crippen molar-refractivity contribution in [2.24, 2.45) is 5.92 Å². The Labute approximate surface area is 130 Å². The predicted octanol–water partition coefficient (Wildman–Crippen LogP) is 4.39. The molecule has 0 aromatic heterocycles. The highest BCUT2D eigenvalue weighted by Crippen LogP contribution is 2.34. The van der Waals surface area contributed by atoms with Gasteiger partial charge in [0.25, 0.3) is 0 Å². The van der Waals surface area contributed by atoms with Gasteiger partial charge >= 0.3 is 5.97 Å². The predicted molar refractivity (Wildman–Crippen MR) is 87.1 cm³/mol. The Hall–Kier alpha value is -1.42. The topological polar surface area (TPSA) is 75.3 Å². The molecule has 1 aromatic rings.